The molecule has 0 aliphatic rings. The lowest BCUT2D eigenvalue weighted by Gasteiger charge is -2.14. The minimum atomic E-state index is -0.306. The van der Waals surface area contributed by atoms with Gasteiger partial charge in [-0.3, -0.25) is 0 Å². The number of hydrogen-bond acceptors (Lipinski definition) is 2. The van der Waals surface area contributed by atoms with Crippen LogP contribution >= 0.6 is 27.3 Å². The Hall–Kier alpha value is 0.140. The van der Waals surface area contributed by atoms with E-state index < -0.39 is 0 Å². The number of hydrogen-bond donors (Lipinski definition) is 1. The van der Waals surface area contributed by atoms with E-state index in [-0.39, 0.29) is 6.10 Å². The molecule has 1 nitrogen and oxygen atoms in total. The molecule has 0 spiro atoms. The van der Waals surface area contributed by atoms with Crippen LogP contribution in [0.25, 0.3) is 0 Å². The van der Waals surface area contributed by atoms with E-state index in [2.05, 4.69) is 35.8 Å². The molecule has 0 aliphatic heterocycles. The monoisotopic (exact) mass is 262 g/mol. The third-order valence-electron chi connectivity index (χ3n) is 2.35. The molecule has 0 saturated heterocycles. The summed E-state index contributed by atoms with van der Waals surface area (Å²) in [5.41, 5.74) is 1.21. The molecule has 0 radical (unpaired) electrons. The molecule has 2 atom stereocenters. The van der Waals surface area contributed by atoms with Crippen LogP contribution in [0.2, 0.25) is 0 Å². The van der Waals surface area contributed by atoms with Gasteiger partial charge in [-0.25, -0.2) is 0 Å². The van der Waals surface area contributed by atoms with Gasteiger partial charge in [-0.15, -0.1) is 11.3 Å². The first-order valence-electron chi connectivity index (χ1n) is 4.50. The fourth-order valence-electron chi connectivity index (χ4n) is 1.13. The molecule has 74 valence electrons. The lowest BCUT2D eigenvalue weighted by Crippen LogP contribution is -2.05. The molecule has 0 fully saturated rings. The molecule has 2 unspecified atom stereocenters. The van der Waals surface area contributed by atoms with Crippen molar-refractivity contribution >= 4 is 27.3 Å². The van der Waals surface area contributed by atoms with Gasteiger partial charge >= 0.3 is 0 Å². The topological polar surface area (TPSA) is 20.2 Å². The van der Waals surface area contributed by atoms with E-state index in [9.17, 15) is 5.11 Å². The van der Waals surface area contributed by atoms with Crippen LogP contribution < -0.4 is 0 Å². The number of halogens is 1. The first-order chi connectivity index (χ1) is 6.06. The SMILES string of the molecule is CCC(C)C(O)c1cc(C)c(Br)s1. The van der Waals surface area contributed by atoms with Crippen molar-refractivity contribution < 1.29 is 5.11 Å². The summed E-state index contributed by atoms with van der Waals surface area (Å²) >= 11 is 5.10. The molecule has 0 bridgehead atoms. The summed E-state index contributed by atoms with van der Waals surface area (Å²) in [4.78, 5) is 1.07. The Morgan fingerprint density at radius 2 is 2.23 bits per heavy atom. The van der Waals surface area contributed by atoms with E-state index in [0.29, 0.717) is 5.92 Å². The molecular weight excluding hydrogens is 248 g/mol. The maximum Gasteiger partial charge on any atom is 0.0907 e. The largest absolute Gasteiger partial charge is 0.387 e. The van der Waals surface area contributed by atoms with Crippen molar-refractivity contribution in [1.29, 1.82) is 0 Å². The molecular formula is C10H15BrOS. The Labute approximate surface area is 91.9 Å². The summed E-state index contributed by atoms with van der Waals surface area (Å²) in [6.45, 7) is 6.23. The summed E-state index contributed by atoms with van der Waals surface area (Å²) in [5.74, 6) is 0.338. The van der Waals surface area contributed by atoms with Crippen molar-refractivity contribution in [3.63, 3.8) is 0 Å². The smallest absolute Gasteiger partial charge is 0.0907 e. The lowest BCUT2D eigenvalue weighted by atomic mass is 10.0. The Balaban J connectivity index is 2.82. The van der Waals surface area contributed by atoms with Gasteiger partial charge in [0.25, 0.3) is 0 Å². The van der Waals surface area contributed by atoms with Gasteiger partial charge in [0, 0.05) is 4.88 Å². The highest BCUT2D eigenvalue weighted by Gasteiger charge is 2.17. The van der Waals surface area contributed by atoms with Crippen molar-refractivity contribution in [1.82, 2.24) is 0 Å². The predicted molar refractivity (Wildman–Crippen MR) is 61.2 cm³/mol. The van der Waals surface area contributed by atoms with Gasteiger partial charge in [-0.1, -0.05) is 20.3 Å². The molecule has 1 N–H and O–H groups in total. The van der Waals surface area contributed by atoms with Crippen molar-refractivity contribution in [2.75, 3.05) is 0 Å². The molecule has 0 aliphatic carbocycles. The number of aryl methyl sites for hydroxylation is 1. The Bertz CT molecular complexity index is 263. The van der Waals surface area contributed by atoms with Gasteiger partial charge in [-0.2, -0.15) is 0 Å². The molecule has 1 rings (SSSR count). The minimum Gasteiger partial charge on any atom is -0.387 e. The molecule has 13 heavy (non-hydrogen) atoms. The maximum atomic E-state index is 9.92. The fraction of sp³-hybridized carbons (Fsp3) is 0.600. The van der Waals surface area contributed by atoms with Gasteiger partial charge in [0.15, 0.2) is 0 Å². The second-order valence-electron chi connectivity index (χ2n) is 3.44. The number of aliphatic hydroxyl groups excluding tert-OH is 1. The van der Waals surface area contributed by atoms with Gasteiger partial charge in [-0.05, 0) is 40.4 Å². The van der Waals surface area contributed by atoms with Gasteiger partial charge in [0.05, 0.1) is 9.89 Å². The van der Waals surface area contributed by atoms with E-state index >= 15 is 0 Å². The summed E-state index contributed by atoms with van der Waals surface area (Å²) in [5, 5.41) is 9.92. The standard InChI is InChI=1S/C10H15BrOS/c1-4-6(2)9(12)8-5-7(3)10(11)13-8/h5-6,9,12H,4H2,1-3H3. The molecule has 3 heteroatoms. The van der Waals surface area contributed by atoms with Crippen LogP contribution in [-0.4, -0.2) is 5.11 Å². The van der Waals surface area contributed by atoms with Crippen LogP contribution in [0.5, 0.6) is 0 Å². The summed E-state index contributed by atoms with van der Waals surface area (Å²) < 4.78 is 1.13. The zero-order chi connectivity index (χ0) is 10.0. The van der Waals surface area contributed by atoms with E-state index in [0.717, 1.165) is 15.1 Å². The van der Waals surface area contributed by atoms with Crippen LogP contribution in [0.15, 0.2) is 9.85 Å². The normalized spacial score (nSPS) is 15.8. The quantitative estimate of drug-likeness (QED) is 0.876. The number of aliphatic hydroxyl groups is 1. The summed E-state index contributed by atoms with van der Waals surface area (Å²) in [6, 6.07) is 2.06. The van der Waals surface area contributed by atoms with Crippen LogP contribution in [0.1, 0.15) is 36.8 Å². The maximum absolute atomic E-state index is 9.92. The van der Waals surface area contributed by atoms with Crippen molar-refractivity contribution in [2.45, 2.75) is 33.3 Å². The first-order valence-corrected chi connectivity index (χ1v) is 6.11. The Morgan fingerprint density at radius 1 is 1.62 bits per heavy atom. The zero-order valence-corrected chi connectivity index (χ0v) is 10.6. The van der Waals surface area contributed by atoms with Crippen molar-refractivity contribution in [2.24, 2.45) is 5.92 Å². The van der Waals surface area contributed by atoms with Gasteiger partial charge < -0.3 is 5.11 Å². The van der Waals surface area contributed by atoms with Crippen LogP contribution in [0.3, 0.4) is 0 Å². The Kier molecular flexibility index (Phi) is 3.95. The molecule has 0 saturated carbocycles. The number of thiophene rings is 1. The summed E-state index contributed by atoms with van der Waals surface area (Å²) in [6.07, 6.45) is 0.704. The van der Waals surface area contributed by atoms with E-state index in [1.807, 2.05) is 6.92 Å². The van der Waals surface area contributed by atoms with E-state index in [4.69, 9.17) is 0 Å². The first kappa shape index (κ1) is 11.2. The lowest BCUT2D eigenvalue weighted by molar-refractivity contribution is 0.119. The summed E-state index contributed by atoms with van der Waals surface area (Å²) in [7, 11) is 0. The van der Waals surface area contributed by atoms with Gasteiger partial charge in [0.2, 0.25) is 0 Å². The number of rotatable bonds is 3. The predicted octanol–water partition coefficient (Wildman–Crippen LogP) is 3.90. The molecule has 1 heterocycles. The fourth-order valence-corrected chi connectivity index (χ4v) is 2.82. The van der Waals surface area contributed by atoms with Crippen LogP contribution in [-0.2, 0) is 0 Å². The Morgan fingerprint density at radius 3 is 2.62 bits per heavy atom. The highest BCUT2D eigenvalue weighted by atomic mass is 79.9. The highest BCUT2D eigenvalue weighted by molar-refractivity contribution is 9.11. The van der Waals surface area contributed by atoms with Crippen molar-refractivity contribution in [3.8, 4) is 0 Å². The second-order valence-corrected chi connectivity index (χ2v) is 5.84. The molecule has 1 aromatic heterocycles. The van der Waals surface area contributed by atoms with Crippen LogP contribution in [0, 0.1) is 12.8 Å². The molecule has 0 amide bonds. The molecule has 0 aromatic carbocycles. The van der Waals surface area contributed by atoms with Gasteiger partial charge in [0.1, 0.15) is 0 Å². The molecule has 1 aromatic rings. The van der Waals surface area contributed by atoms with Crippen molar-refractivity contribution in [3.05, 3.63) is 20.3 Å². The van der Waals surface area contributed by atoms with E-state index in [1.54, 1.807) is 11.3 Å². The van der Waals surface area contributed by atoms with E-state index in [1.165, 1.54) is 5.56 Å². The third kappa shape index (κ3) is 2.55. The average Bonchev–Trinajstić information content (AvgIpc) is 2.44. The minimum absolute atomic E-state index is 0.306. The zero-order valence-electron chi connectivity index (χ0n) is 8.17. The second kappa shape index (κ2) is 4.58. The highest BCUT2D eigenvalue weighted by Crippen LogP contribution is 2.34. The third-order valence-corrected chi connectivity index (χ3v) is 4.56. The van der Waals surface area contributed by atoms with Crippen LogP contribution in [0.4, 0.5) is 0 Å². The average molecular weight is 263 g/mol.